The number of benzene rings is 1. The lowest BCUT2D eigenvalue weighted by atomic mass is 10.1. The van der Waals surface area contributed by atoms with Crippen molar-refractivity contribution < 1.29 is 27.4 Å². The van der Waals surface area contributed by atoms with Gasteiger partial charge in [-0.05, 0) is 25.0 Å². The Kier molecular flexibility index (Phi) is 6.68. The molecule has 0 amide bonds. The fraction of sp³-hybridized carbons (Fsp3) is 0.533. The number of esters is 1. The Balaban J connectivity index is 2.51. The molecule has 1 unspecified atom stereocenters. The quantitative estimate of drug-likeness (QED) is 0.722. The summed E-state index contributed by atoms with van der Waals surface area (Å²) in [5.74, 6) is -0.480. The second-order valence-corrected chi connectivity index (χ2v) is 4.47. The summed E-state index contributed by atoms with van der Waals surface area (Å²) >= 11 is 0. The molecule has 118 valence electrons. The molecule has 1 aromatic rings. The van der Waals surface area contributed by atoms with E-state index >= 15 is 0 Å². The SMILES string of the molecule is CCOC(CC)C(=O)OCCc1cccc(C(F)(F)F)c1. The van der Waals surface area contributed by atoms with Gasteiger partial charge in [0.05, 0.1) is 12.2 Å². The molecule has 0 spiro atoms. The van der Waals surface area contributed by atoms with Gasteiger partial charge >= 0.3 is 12.1 Å². The molecule has 0 radical (unpaired) electrons. The number of ether oxygens (including phenoxy) is 2. The molecule has 1 rings (SSSR count). The third kappa shape index (κ3) is 5.75. The van der Waals surface area contributed by atoms with Gasteiger partial charge in [-0.15, -0.1) is 0 Å². The number of hydrogen-bond donors (Lipinski definition) is 0. The Bertz CT molecular complexity index is 458. The lowest BCUT2D eigenvalue weighted by Gasteiger charge is -2.14. The van der Waals surface area contributed by atoms with Crippen molar-refractivity contribution in [2.75, 3.05) is 13.2 Å². The highest BCUT2D eigenvalue weighted by atomic mass is 19.4. The molecule has 0 saturated heterocycles. The number of carbonyl (C=O) groups excluding carboxylic acids is 1. The number of carbonyl (C=O) groups is 1. The Hall–Kier alpha value is -1.56. The standard InChI is InChI=1S/C15H19F3O3/c1-3-13(20-4-2)14(19)21-9-8-11-6-5-7-12(10-11)15(16,17)18/h5-7,10,13H,3-4,8-9H2,1-2H3. The Morgan fingerprint density at radius 2 is 2.00 bits per heavy atom. The highest BCUT2D eigenvalue weighted by Crippen LogP contribution is 2.29. The van der Waals surface area contributed by atoms with Crippen LogP contribution in [0.5, 0.6) is 0 Å². The molecule has 1 atom stereocenters. The van der Waals surface area contributed by atoms with Crippen LogP contribution in [-0.2, 0) is 26.9 Å². The Morgan fingerprint density at radius 1 is 1.29 bits per heavy atom. The van der Waals surface area contributed by atoms with E-state index in [0.29, 0.717) is 18.6 Å². The normalized spacial score (nSPS) is 13.0. The molecule has 1 aromatic carbocycles. The van der Waals surface area contributed by atoms with Crippen LogP contribution in [0.1, 0.15) is 31.4 Å². The average molecular weight is 304 g/mol. The number of alkyl halides is 3. The summed E-state index contributed by atoms with van der Waals surface area (Å²) in [7, 11) is 0. The first-order chi connectivity index (χ1) is 9.88. The van der Waals surface area contributed by atoms with Crippen molar-refractivity contribution >= 4 is 5.97 Å². The van der Waals surface area contributed by atoms with E-state index in [9.17, 15) is 18.0 Å². The molecule has 0 heterocycles. The van der Waals surface area contributed by atoms with E-state index in [1.807, 2.05) is 0 Å². The van der Waals surface area contributed by atoms with E-state index in [2.05, 4.69) is 0 Å². The van der Waals surface area contributed by atoms with Crippen LogP contribution >= 0.6 is 0 Å². The average Bonchev–Trinajstić information content (AvgIpc) is 2.44. The summed E-state index contributed by atoms with van der Waals surface area (Å²) < 4.78 is 47.9. The second-order valence-electron chi connectivity index (χ2n) is 4.47. The summed E-state index contributed by atoms with van der Waals surface area (Å²) in [6.45, 7) is 4.01. The first-order valence-electron chi connectivity index (χ1n) is 6.82. The van der Waals surface area contributed by atoms with Gasteiger partial charge < -0.3 is 9.47 Å². The first-order valence-corrected chi connectivity index (χ1v) is 6.82. The zero-order valence-electron chi connectivity index (χ0n) is 12.1. The molecular weight excluding hydrogens is 285 g/mol. The largest absolute Gasteiger partial charge is 0.463 e. The maximum absolute atomic E-state index is 12.6. The highest BCUT2D eigenvalue weighted by molar-refractivity contribution is 5.74. The summed E-state index contributed by atoms with van der Waals surface area (Å²) in [4.78, 5) is 11.7. The third-order valence-corrected chi connectivity index (χ3v) is 2.89. The summed E-state index contributed by atoms with van der Waals surface area (Å²) in [5, 5.41) is 0. The van der Waals surface area contributed by atoms with Crippen molar-refractivity contribution in [3.8, 4) is 0 Å². The van der Waals surface area contributed by atoms with Crippen LogP contribution in [0, 0.1) is 0 Å². The predicted molar refractivity (Wildman–Crippen MR) is 71.8 cm³/mol. The van der Waals surface area contributed by atoms with E-state index in [4.69, 9.17) is 9.47 Å². The van der Waals surface area contributed by atoms with Gasteiger partial charge in [-0.2, -0.15) is 13.2 Å². The molecule has 0 aliphatic heterocycles. The fourth-order valence-electron chi connectivity index (χ4n) is 1.82. The molecule has 0 aromatic heterocycles. The van der Waals surface area contributed by atoms with Crippen LogP contribution in [0.2, 0.25) is 0 Å². The second kappa shape index (κ2) is 8.02. The van der Waals surface area contributed by atoms with Gasteiger partial charge in [0.15, 0.2) is 6.10 Å². The lowest BCUT2D eigenvalue weighted by Crippen LogP contribution is -2.26. The number of hydrogen-bond acceptors (Lipinski definition) is 3. The molecule has 0 aliphatic rings. The number of halogens is 3. The molecule has 0 saturated carbocycles. The van der Waals surface area contributed by atoms with Crippen LogP contribution in [0.25, 0.3) is 0 Å². The summed E-state index contributed by atoms with van der Waals surface area (Å²) in [5.41, 5.74) is -0.228. The third-order valence-electron chi connectivity index (χ3n) is 2.89. The van der Waals surface area contributed by atoms with Gasteiger partial charge in [-0.3, -0.25) is 0 Å². The van der Waals surface area contributed by atoms with Crippen molar-refractivity contribution in [1.82, 2.24) is 0 Å². The van der Waals surface area contributed by atoms with Crippen LogP contribution in [-0.4, -0.2) is 25.3 Å². The minimum absolute atomic E-state index is 0.0315. The van der Waals surface area contributed by atoms with Gasteiger partial charge in [0.2, 0.25) is 0 Å². The van der Waals surface area contributed by atoms with Gasteiger partial charge in [-0.1, -0.05) is 25.1 Å². The monoisotopic (exact) mass is 304 g/mol. The number of rotatable bonds is 7. The van der Waals surface area contributed by atoms with E-state index < -0.39 is 23.8 Å². The van der Waals surface area contributed by atoms with Crippen molar-refractivity contribution in [1.29, 1.82) is 0 Å². The molecule has 0 N–H and O–H groups in total. The van der Waals surface area contributed by atoms with Crippen LogP contribution in [0.3, 0.4) is 0 Å². The smallest absolute Gasteiger partial charge is 0.416 e. The Morgan fingerprint density at radius 3 is 2.57 bits per heavy atom. The van der Waals surface area contributed by atoms with Gasteiger partial charge in [0, 0.05) is 13.0 Å². The molecule has 3 nitrogen and oxygen atoms in total. The van der Waals surface area contributed by atoms with Gasteiger partial charge in [0.1, 0.15) is 0 Å². The maximum atomic E-state index is 12.6. The summed E-state index contributed by atoms with van der Waals surface area (Å²) in [6.07, 6.45) is -4.25. The topological polar surface area (TPSA) is 35.5 Å². The van der Waals surface area contributed by atoms with E-state index in [1.165, 1.54) is 6.07 Å². The van der Waals surface area contributed by atoms with E-state index in [1.54, 1.807) is 19.9 Å². The van der Waals surface area contributed by atoms with Crippen molar-refractivity contribution in [2.24, 2.45) is 0 Å². The fourth-order valence-corrected chi connectivity index (χ4v) is 1.82. The van der Waals surface area contributed by atoms with Crippen molar-refractivity contribution in [3.05, 3.63) is 35.4 Å². The van der Waals surface area contributed by atoms with Crippen LogP contribution in [0.15, 0.2) is 24.3 Å². The molecule has 0 bridgehead atoms. The zero-order valence-corrected chi connectivity index (χ0v) is 12.1. The molecule has 21 heavy (non-hydrogen) atoms. The van der Waals surface area contributed by atoms with Crippen molar-refractivity contribution in [3.63, 3.8) is 0 Å². The highest BCUT2D eigenvalue weighted by Gasteiger charge is 2.30. The molecule has 6 heteroatoms. The van der Waals surface area contributed by atoms with Crippen molar-refractivity contribution in [2.45, 2.75) is 39.0 Å². The van der Waals surface area contributed by atoms with Crippen LogP contribution in [0.4, 0.5) is 13.2 Å². The molecule has 0 fully saturated rings. The minimum atomic E-state index is -4.37. The van der Waals surface area contributed by atoms with Gasteiger partial charge in [-0.25, -0.2) is 4.79 Å². The Labute approximate surface area is 122 Å². The van der Waals surface area contributed by atoms with Gasteiger partial charge in [0.25, 0.3) is 0 Å². The van der Waals surface area contributed by atoms with E-state index in [-0.39, 0.29) is 13.0 Å². The molecule has 0 aliphatic carbocycles. The predicted octanol–water partition coefficient (Wildman–Crippen LogP) is 3.61. The zero-order chi connectivity index (χ0) is 15.9. The first kappa shape index (κ1) is 17.5. The lowest BCUT2D eigenvalue weighted by molar-refractivity contribution is -0.157. The maximum Gasteiger partial charge on any atom is 0.416 e. The summed E-state index contributed by atoms with van der Waals surface area (Å²) in [6, 6.07) is 4.99. The minimum Gasteiger partial charge on any atom is -0.463 e. The van der Waals surface area contributed by atoms with E-state index in [0.717, 1.165) is 12.1 Å². The molecular formula is C15H19F3O3. The van der Waals surface area contributed by atoms with Crippen LogP contribution < -0.4 is 0 Å².